The molecular formula is C29H50N2O2. The van der Waals surface area contributed by atoms with Gasteiger partial charge in [-0.3, -0.25) is 4.79 Å². The van der Waals surface area contributed by atoms with Gasteiger partial charge in [0.2, 0.25) is 0 Å². The molecule has 0 heterocycles. The highest BCUT2D eigenvalue weighted by Crippen LogP contribution is 2.34. The monoisotopic (exact) mass is 458 g/mol. The fraction of sp³-hybridized carbons (Fsp3) is 0.621. The molecule has 0 bridgehead atoms. The zero-order chi connectivity index (χ0) is 25.0. The Labute approximate surface area is 204 Å². The molecule has 0 aliphatic heterocycles. The molecule has 0 saturated heterocycles. The summed E-state index contributed by atoms with van der Waals surface area (Å²) in [6.07, 6.45) is 12.8. The molecule has 0 rings (SSSR count). The Hall–Kier alpha value is -1.91. The van der Waals surface area contributed by atoms with Crippen molar-refractivity contribution in [2.24, 2.45) is 5.41 Å². The third-order valence-electron chi connectivity index (χ3n) is 6.47. The molecule has 0 aromatic carbocycles. The van der Waals surface area contributed by atoms with Crippen LogP contribution in [0, 0.1) is 5.41 Å². The van der Waals surface area contributed by atoms with Crippen LogP contribution in [0.5, 0.6) is 0 Å². The lowest BCUT2D eigenvalue weighted by Crippen LogP contribution is -2.26. The first-order chi connectivity index (χ1) is 15.8. The van der Waals surface area contributed by atoms with Crippen LogP contribution in [0.15, 0.2) is 62.0 Å². The van der Waals surface area contributed by atoms with Crippen LogP contribution in [0.1, 0.15) is 78.1 Å². The minimum atomic E-state index is 0.115. The molecule has 0 radical (unpaired) electrons. The first-order valence-corrected chi connectivity index (χ1v) is 12.7. The number of allylic oxidation sites excluding steroid dienone is 3. The molecule has 0 aromatic rings. The van der Waals surface area contributed by atoms with E-state index in [0.29, 0.717) is 6.42 Å². The van der Waals surface area contributed by atoms with Gasteiger partial charge in [0, 0.05) is 24.8 Å². The highest BCUT2D eigenvalue weighted by Gasteiger charge is 2.27. The van der Waals surface area contributed by atoms with Gasteiger partial charge in [-0.15, -0.1) is 0 Å². The molecule has 0 saturated carbocycles. The zero-order valence-corrected chi connectivity index (χ0v) is 21.6. The van der Waals surface area contributed by atoms with Crippen LogP contribution < -0.4 is 10.6 Å². The number of hydrogen-bond acceptors (Lipinski definition) is 4. The summed E-state index contributed by atoms with van der Waals surface area (Å²) in [7, 11) is 0. The van der Waals surface area contributed by atoms with E-state index in [4.69, 9.17) is 4.74 Å². The summed E-state index contributed by atoms with van der Waals surface area (Å²) in [4.78, 5) is 11.2. The fourth-order valence-electron chi connectivity index (χ4n) is 3.55. The van der Waals surface area contributed by atoms with E-state index < -0.39 is 0 Å². The van der Waals surface area contributed by atoms with Crippen molar-refractivity contribution in [3.63, 3.8) is 0 Å². The highest BCUT2D eigenvalue weighted by atomic mass is 16.5. The van der Waals surface area contributed by atoms with Crippen LogP contribution in [0.3, 0.4) is 0 Å². The van der Waals surface area contributed by atoms with Crippen molar-refractivity contribution in [2.45, 2.75) is 78.1 Å². The molecule has 0 fully saturated rings. The second-order valence-electron chi connectivity index (χ2n) is 9.02. The summed E-state index contributed by atoms with van der Waals surface area (Å²) < 4.78 is 6.10. The number of hydrogen-bond donors (Lipinski definition) is 2. The SMILES string of the molecule is C=CC(=C)CCCNCCC(=C)OCC(CC)(CC)CCC(=C)CCNCCCC(=O)C=C. The summed E-state index contributed by atoms with van der Waals surface area (Å²) in [5, 5.41) is 6.85. The molecule has 0 aliphatic rings. The molecule has 0 aromatic heterocycles. The second kappa shape index (κ2) is 19.5. The van der Waals surface area contributed by atoms with Gasteiger partial charge in [0.05, 0.1) is 12.4 Å². The first-order valence-electron chi connectivity index (χ1n) is 12.7. The van der Waals surface area contributed by atoms with Crippen molar-refractivity contribution < 1.29 is 9.53 Å². The molecule has 4 nitrogen and oxygen atoms in total. The Morgan fingerprint density at radius 1 is 0.818 bits per heavy atom. The Bertz CT molecular complexity index is 567. The number of ether oxygens (including phenoxy) is 1. The van der Waals surface area contributed by atoms with Crippen molar-refractivity contribution in [1.29, 1.82) is 0 Å². The maximum atomic E-state index is 11.2. The molecule has 188 valence electrons. The van der Waals surface area contributed by atoms with Crippen molar-refractivity contribution in [1.82, 2.24) is 10.6 Å². The van der Waals surface area contributed by atoms with Crippen LogP contribution in [0.4, 0.5) is 0 Å². The van der Waals surface area contributed by atoms with Crippen molar-refractivity contribution in [3.05, 3.63) is 62.0 Å². The average molecular weight is 459 g/mol. The van der Waals surface area contributed by atoms with Crippen LogP contribution in [0.25, 0.3) is 0 Å². The van der Waals surface area contributed by atoms with Crippen LogP contribution >= 0.6 is 0 Å². The standard InChI is InChI=1S/C29H50N2O2/c1-8-25(5)14-12-20-31-23-18-27(7)33-24-29(10-3,11-4)19-16-26(6)17-22-30-21-13-15-28(32)9-2/h8-9,30-31H,1-2,5-7,10-24H2,3-4H3. The van der Waals surface area contributed by atoms with E-state index in [2.05, 4.69) is 57.4 Å². The zero-order valence-electron chi connectivity index (χ0n) is 21.6. The molecule has 2 N–H and O–H groups in total. The molecule has 4 heteroatoms. The van der Waals surface area contributed by atoms with Crippen LogP contribution in [-0.2, 0) is 9.53 Å². The largest absolute Gasteiger partial charge is 0.498 e. The van der Waals surface area contributed by atoms with E-state index >= 15 is 0 Å². The normalized spacial score (nSPS) is 11.1. The molecule has 0 spiro atoms. The minimum absolute atomic E-state index is 0.115. The van der Waals surface area contributed by atoms with Gasteiger partial charge in [-0.1, -0.05) is 64.0 Å². The minimum Gasteiger partial charge on any atom is -0.498 e. The van der Waals surface area contributed by atoms with Gasteiger partial charge in [-0.2, -0.15) is 0 Å². The van der Waals surface area contributed by atoms with E-state index in [1.54, 1.807) is 0 Å². The highest BCUT2D eigenvalue weighted by molar-refractivity contribution is 5.88. The predicted octanol–water partition coefficient (Wildman–Crippen LogP) is 6.68. The van der Waals surface area contributed by atoms with E-state index in [1.807, 2.05) is 6.08 Å². The van der Waals surface area contributed by atoms with Gasteiger partial charge >= 0.3 is 0 Å². The fourth-order valence-corrected chi connectivity index (χ4v) is 3.55. The quantitative estimate of drug-likeness (QED) is 0.0557. The van der Waals surface area contributed by atoms with Gasteiger partial charge in [0.1, 0.15) is 0 Å². The van der Waals surface area contributed by atoms with Gasteiger partial charge in [-0.25, -0.2) is 0 Å². The second-order valence-corrected chi connectivity index (χ2v) is 9.02. The smallest absolute Gasteiger partial charge is 0.155 e. The molecule has 0 unspecified atom stereocenters. The molecule has 0 atom stereocenters. The van der Waals surface area contributed by atoms with Crippen LogP contribution in [-0.4, -0.2) is 38.6 Å². The maximum absolute atomic E-state index is 11.2. The molecule has 0 amide bonds. The van der Waals surface area contributed by atoms with Crippen LogP contribution in [0.2, 0.25) is 0 Å². The number of ketones is 1. The maximum Gasteiger partial charge on any atom is 0.155 e. The number of nitrogens with one attached hydrogen (secondary N) is 2. The molecule has 33 heavy (non-hydrogen) atoms. The Balaban J connectivity index is 4.09. The van der Waals surface area contributed by atoms with Crippen molar-refractivity contribution in [2.75, 3.05) is 32.8 Å². The van der Waals surface area contributed by atoms with E-state index in [1.165, 1.54) is 11.6 Å². The third-order valence-corrected chi connectivity index (χ3v) is 6.47. The number of rotatable bonds is 24. The summed E-state index contributed by atoms with van der Waals surface area (Å²) in [6, 6.07) is 0. The van der Waals surface area contributed by atoms with E-state index in [-0.39, 0.29) is 11.2 Å². The third kappa shape index (κ3) is 16.4. The lowest BCUT2D eigenvalue weighted by molar-refractivity contribution is -0.114. The van der Waals surface area contributed by atoms with Gasteiger partial charge in [0.25, 0.3) is 0 Å². The summed E-state index contributed by atoms with van der Waals surface area (Å²) >= 11 is 0. The van der Waals surface area contributed by atoms with E-state index in [0.717, 1.165) is 102 Å². The summed E-state index contributed by atoms with van der Waals surface area (Å²) in [5.41, 5.74) is 2.54. The topological polar surface area (TPSA) is 50.4 Å². The Morgan fingerprint density at radius 2 is 1.42 bits per heavy atom. The number of carbonyl (C=O) groups excluding carboxylic acids is 1. The van der Waals surface area contributed by atoms with Crippen molar-refractivity contribution in [3.8, 4) is 0 Å². The van der Waals surface area contributed by atoms with E-state index in [9.17, 15) is 4.79 Å². The Kier molecular flexibility index (Phi) is 18.4. The number of carbonyl (C=O) groups is 1. The predicted molar refractivity (Wildman–Crippen MR) is 144 cm³/mol. The lowest BCUT2D eigenvalue weighted by atomic mass is 9.78. The first kappa shape index (κ1) is 31.1. The Morgan fingerprint density at radius 3 is 2.00 bits per heavy atom. The van der Waals surface area contributed by atoms with Crippen molar-refractivity contribution >= 4 is 5.78 Å². The average Bonchev–Trinajstić information content (AvgIpc) is 2.83. The van der Waals surface area contributed by atoms with Gasteiger partial charge in [0.15, 0.2) is 5.78 Å². The van der Waals surface area contributed by atoms with Gasteiger partial charge in [-0.05, 0) is 77.1 Å². The molecule has 0 aliphatic carbocycles. The summed E-state index contributed by atoms with van der Waals surface area (Å²) in [5.74, 6) is 0.978. The molecular weight excluding hydrogens is 408 g/mol. The lowest BCUT2D eigenvalue weighted by Gasteiger charge is -2.32. The summed E-state index contributed by atoms with van der Waals surface area (Å²) in [6.45, 7) is 28.4. The van der Waals surface area contributed by atoms with Gasteiger partial charge < -0.3 is 15.4 Å².